The third-order valence-corrected chi connectivity index (χ3v) is 5.49. The van der Waals surface area contributed by atoms with Gasteiger partial charge in [0.25, 0.3) is 0 Å². The maximum atomic E-state index is 12.7. The van der Waals surface area contributed by atoms with Gasteiger partial charge in [0.1, 0.15) is 0 Å². The average molecular weight is 382 g/mol. The van der Waals surface area contributed by atoms with Gasteiger partial charge in [0, 0.05) is 5.69 Å². The lowest BCUT2D eigenvalue weighted by atomic mass is 9.97. The number of para-hydroxylation sites is 2. The number of anilines is 1. The molecule has 0 unspecified atom stereocenters. The first-order valence-electron chi connectivity index (χ1n) is 9.00. The molecule has 0 radical (unpaired) electrons. The Bertz CT molecular complexity index is 896. The fourth-order valence-electron chi connectivity index (χ4n) is 2.69. The molecule has 27 heavy (non-hydrogen) atoms. The molecule has 3 rings (SSSR count). The molecule has 0 aliphatic carbocycles. The van der Waals surface area contributed by atoms with Gasteiger partial charge in [0.15, 0.2) is 0 Å². The second kappa shape index (κ2) is 8.81. The van der Waals surface area contributed by atoms with Crippen LogP contribution in [0.25, 0.3) is 5.69 Å². The Morgan fingerprint density at radius 1 is 1.11 bits per heavy atom. The number of benzene rings is 2. The van der Waals surface area contributed by atoms with Gasteiger partial charge in [0.05, 0.1) is 10.9 Å². The highest BCUT2D eigenvalue weighted by atomic mass is 32.2. The summed E-state index contributed by atoms with van der Waals surface area (Å²) in [5.41, 5.74) is 2.88. The van der Waals surface area contributed by atoms with Crippen molar-refractivity contribution < 1.29 is 4.79 Å². The van der Waals surface area contributed by atoms with Gasteiger partial charge in [-0.25, -0.2) is 0 Å². The molecule has 140 valence electrons. The number of thioether (sulfide) groups is 1. The number of amides is 1. The number of carbonyl (C=O) groups is 1. The van der Waals surface area contributed by atoms with E-state index in [1.807, 2.05) is 55.5 Å². The summed E-state index contributed by atoms with van der Waals surface area (Å²) in [5, 5.41) is 15.2. The molecule has 6 nitrogen and oxygen atoms in total. The maximum Gasteiger partial charge on any atom is 0.237 e. The molecule has 0 bridgehead atoms. The van der Waals surface area contributed by atoms with E-state index in [0.29, 0.717) is 11.1 Å². The van der Waals surface area contributed by atoms with E-state index in [4.69, 9.17) is 0 Å². The lowest BCUT2D eigenvalue weighted by Crippen LogP contribution is -2.23. The van der Waals surface area contributed by atoms with Crippen molar-refractivity contribution in [3.63, 3.8) is 0 Å². The van der Waals surface area contributed by atoms with Crippen molar-refractivity contribution in [1.29, 1.82) is 0 Å². The lowest BCUT2D eigenvalue weighted by molar-refractivity contribution is -0.115. The fraction of sp³-hybridized carbons (Fsp3) is 0.300. The minimum Gasteiger partial charge on any atom is -0.325 e. The van der Waals surface area contributed by atoms with Crippen LogP contribution < -0.4 is 5.32 Å². The van der Waals surface area contributed by atoms with Crippen molar-refractivity contribution in [2.75, 3.05) is 5.32 Å². The number of aromatic nitrogens is 4. The number of nitrogens with zero attached hydrogens (tertiary/aromatic N) is 4. The number of nitrogens with one attached hydrogen (secondary N) is 1. The molecule has 7 heteroatoms. The van der Waals surface area contributed by atoms with Crippen molar-refractivity contribution in [2.24, 2.45) is 0 Å². The summed E-state index contributed by atoms with van der Waals surface area (Å²) in [6.45, 7) is 6.16. The normalized spacial score (nSPS) is 13.1. The van der Waals surface area contributed by atoms with Crippen molar-refractivity contribution >= 4 is 23.4 Å². The van der Waals surface area contributed by atoms with Gasteiger partial charge in [-0.2, -0.15) is 4.68 Å². The number of carbonyl (C=O) groups excluding carboxylic acids is 1. The minimum absolute atomic E-state index is 0.0710. The van der Waals surface area contributed by atoms with E-state index in [2.05, 4.69) is 40.8 Å². The summed E-state index contributed by atoms with van der Waals surface area (Å²) >= 11 is 1.33. The first kappa shape index (κ1) is 19.1. The molecule has 0 saturated carbocycles. The fourth-order valence-corrected chi connectivity index (χ4v) is 3.50. The molecule has 0 saturated heterocycles. The largest absolute Gasteiger partial charge is 0.325 e. The zero-order valence-electron chi connectivity index (χ0n) is 15.7. The first-order chi connectivity index (χ1) is 13.1. The van der Waals surface area contributed by atoms with Crippen molar-refractivity contribution in [3.8, 4) is 5.69 Å². The maximum absolute atomic E-state index is 12.7. The minimum atomic E-state index is -0.344. The first-order valence-corrected chi connectivity index (χ1v) is 9.88. The van der Waals surface area contributed by atoms with E-state index in [1.165, 1.54) is 11.8 Å². The van der Waals surface area contributed by atoms with E-state index >= 15 is 0 Å². The van der Waals surface area contributed by atoms with Crippen molar-refractivity contribution in [1.82, 2.24) is 20.2 Å². The zero-order valence-corrected chi connectivity index (χ0v) is 16.5. The molecule has 1 amide bonds. The summed E-state index contributed by atoms with van der Waals surface area (Å²) in [6, 6.07) is 17.6. The van der Waals surface area contributed by atoms with Crippen LogP contribution in [0, 0.1) is 0 Å². The summed E-state index contributed by atoms with van der Waals surface area (Å²) < 4.78 is 1.64. The van der Waals surface area contributed by atoms with Gasteiger partial charge in [-0.1, -0.05) is 62.0 Å². The molecule has 0 spiro atoms. The van der Waals surface area contributed by atoms with Crippen molar-refractivity contribution in [3.05, 3.63) is 60.2 Å². The quantitative estimate of drug-likeness (QED) is 0.618. The summed E-state index contributed by atoms with van der Waals surface area (Å²) in [5.74, 6) is 0.313. The van der Waals surface area contributed by atoms with Gasteiger partial charge in [0.2, 0.25) is 11.1 Å². The predicted molar refractivity (Wildman–Crippen MR) is 108 cm³/mol. The molecule has 2 aromatic carbocycles. The second-order valence-electron chi connectivity index (χ2n) is 6.35. The number of rotatable bonds is 7. The number of hydrogen-bond acceptors (Lipinski definition) is 5. The molecule has 2 atom stereocenters. The van der Waals surface area contributed by atoms with Crippen LogP contribution in [0.15, 0.2) is 59.8 Å². The van der Waals surface area contributed by atoms with Crippen LogP contribution in [0.3, 0.4) is 0 Å². The standard InChI is InChI=1S/C20H23N5OS/c1-4-14(2)17-12-8-9-13-18(17)21-19(26)15(3)27-20-22-23-24-25(20)16-10-6-5-7-11-16/h5-15H,4H2,1-3H3,(H,21,26)/t14-,15-/m1/s1. The van der Waals surface area contributed by atoms with Crippen LogP contribution in [0.4, 0.5) is 5.69 Å². The smallest absolute Gasteiger partial charge is 0.237 e. The van der Waals surface area contributed by atoms with Gasteiger partial charge >= 0.3 is 0 Å². The van der Waals surface area contributed by atoms with E-state index in [-0.39, 0.29) is 11.2 Å². The van der Waals surface area contributed by atoms with E-state index in [0.717, 1.165) is 23.4 Å². The summed E-state index contributed by atoms with van der Waals surface area (Å²) in [4.78, 5) is 12.7. The van der Waals surface area contributed by atoms with Gasteiger partial charge < -0.3 is 5.32 Å². The number of hydrogen-bond donors (Lipinski definition) is 1. The van der Waals surface area contributed by atoms with Crippen molar-refractivity contribution in [2.45, 2.75) is 43.5 Å². The molecular formula is C20H23N5OS. The molecular weight excluding hydrogens is 358 g/mol. The molecule has 1 aromatic heterocycles. The SMILES string of the molecule is CC[C@@H](C)c1ccccc1NC(=O)[C@@H](C)Sc1nnnn1-c1ccccc1. The van der Waals surface area contributed by atoms with Crippen LogP contribution in [0.5, 0.6) is 0 Å². The molecule has 0 aliphatic heterocycles. The molecule has 0 fully saturated rings. The van der Waals surface area contributed by atoms with E-state index in [9.17, 15) is 4.79 Å². The summed E-state index contributed by atoms with van der Waals surface area (Å²) in [6.07, 6.45) is 1.02. The third-order valence-electron chi connectivity index (χ3n) is 4.46. The predicted octanol–water partition coefficient (Wildman–Crippen LogP) is 4.30. The van der Waals surface area contributed by atoms with Crippen LogP contribution in [0.1, 0.15) is 38.7 Å². The Balaban J connectivity index is 1.72. The van der Waals surface area contributed by atoms with Crippen LogP contribution >= 0.6 is 11.8 Å². The monoisotopic (exact) mass is 381 g/mol. The Morgan fingerprint density at radius 3 is 2.56 bits per heavy atom. The highest BCUT2D eigenvalue weighted by Gasteiger charge is 2.20. The number of tetrazole rings is 1. The molecule has 1 heterocycles. The summed E-state index contributed by atoms with van der Waals surface area (Å²) in [7, 11) is 0. The van der Waals surface area contributed by atoms with Gasteiger partial charge in [-0.3, -0.25) is 4.79 Å². The van der Waals surface area contributed by atoms with Crippen LogP contribution in [-0.2, 0) is 4.79 Å². The second-order valence-corrected chi connectivity index (χ2v) is 7.66. The molecule has 0 aliphatic rings. The average Bonchev–Trinajstić information content (AvgIpc) is 3.16. The molecule has 1 N–H and O–H groups in total. The highest BCUT2D eigenvalue weighted by Crippen LogP contribution is 2.28. The van der Waals surface area contributed by atoms with E-state index < -0.39 is 0 Å². The van der Waals surface area contributed by atoms with Gasteiger partial charge in [-0.15, -0.1) is 5.10 Å². The van der Waals surface area contributed by atoms with Crippen LogP contribution in [0.2, 0.25) is 0 Å². The Labute approximate surface area is 163 Å². The Kier molecular flexibility index (Phi) is 6.24. The van der Waals surface area contributed by atoms with Crippen LogP contribution in [-0.4, -0.2) is 31.4 Å². The topological polar surface area (TPSA) is 72.7 Å². The van der Waals surface area contributed by atoms with Gasteiger partial charge in [-0.05, 0) is 53.5 Å². The third kappa shape index (κ3) is 4.54. The zero-order chi connectivity index (χ0) is 19.2. The highest BCUT2D eigenvalue weighted by molar-refractivity contribution is 8.00. The molecule has 3 aromatic rings. The lowest BCUT2D eigenvalue weighted by Gasteiger charge is -2.17. The Hall–Kier alpha value is -2.67. The van der Waals surface area contributed by atoms with E-state index in [1.54, 1.807) is 4.68 Å². The Morgan fingerprint density at radius 2 is 1.81 bits per heavy atom.